The van der Waals surface area contributed by atoms with Gasteiger partial charge in [-0.15, -0.1) is 11.3 Å². The Labute approximate surface area is 101 Å². The minimum absolute atomic E-state index is 0.0629. The van der Waals surface area contributed by atoms with Gasteiger partial charge in [0.25, 0.3) is 0 Å². The number of hydrogen-bond donors (Lipinski definition) is 1. The van der Waals surface area contributed by atoms with Crippen LogP contribution in [0.3, 0.4) is 0 Å². The van der Waals surface area contributed by atoms with Crippen molar-refractivity contribution < 1.29 is 0 Å². The summed E-state index contributed by atoms with van der Waals surface area (Å²) in [5, 5.41) is 12.7. The van der Waals surface area contributed by atoms with Gasteiger partial charge in [0.1, 0.15) is 6.04 Å². The summed E-state index contributed by atoms with van der Waals surface area (Å²) in [5.41, 5.74) is 1.20. The zero-order valence-electron chi connectivity index (χ0n) is 9.79. The lowest BCUT2D eigenvalue weighted by atomic mass is 10.1. The fourth-order valence-corrected chi connectivity index (χ4v) is 3.17. The minimum atomic E-state index is -0.0629. The SMILES string of the molecule is Cc1cc(C(C#N)N2CCNCC2)c(C)s1. The molecule has 0 radical (unpaired) electrons. The van der Waals surface area contributed by atoms with Gasteiger partial charge in [-0.25, -0.2) is 0 Å². The molecule has 1 saturated heterocycles. The molecule has 0 bridgehead atoms. The van der Waals surface area contributed by atoms with Crippen LogP contribution in [0.25, 0.3) is 0 Å². The van der Waals surface area contributed by atoms with Crippen LogP contribution < -0.4 is 5.32 Å². The van der Waals surface area contributed by atoms with Crippen molar-refractivity contribution >= 4 is 11.3 Å². The second kappa shape index (κ2) is 4.96. The van der Waals surface area contributed by atoms with E-state index in [1.165, 1.54) is 15.3 Å². The molecule has 0 saturated carbocycles. The van der Waals surface area contributed by atoms with E-state index in [9.17, 15) is 5.26 Å². The Morgan fingerprint density at radius 2 is 2.12 bits per heavy atom. The predicted octanol–water partition coefficient (Wildman–Crippen LogP) is 1.83. The minimum Gasteiger partial charge on any atom is -0.314 e. The molecule has 1 atom stereocenters. The molecule has 0 aromatic carbocycles. The number of nitriles is 1. The molecule has 1 N–H and O–H groups in total. The standard InChI is InChI=1S/C12H17N3S/c1-9-7-11(10(2)16-9)12(8-13)15-5-3-14-4-6-15/h7,12,14H,3-6H2,1-2H3. The van der Waals surface area contributed by atoms with Crippen molar-refractivity contribution in [2.45, 2.75) is 19.9 Å². The van der Waals surface area contributed by atoms with Gasteiger partial charge < -0.3 is 5.32 Å². The first-order valence-corrected chi connectivity index (χ1v) is 6.45. The van der Waals surface area contributed by atoms with Crippen LogP contribution in [0.2, 0.25) is 0 Å². The van der Waals surface area contributed by atoms with Crippen molar-refractivity contribution in [1.82, 2.24) is 10.2 Å². The van der Waals surface area contributed by atoms with E-state index in [-0.39, 0.29) is 6.04 Å². The summed E-state index contributed by atoms with van der Waals surface area (Å²) in [6.45, 7) is 8.12. The Morgan fingerprint density at radius 1 is 1.44 bits per heavy atom. The van der Waals surface area contributed by atoms with Crippen molar-refractivity contribution in [2.24, 2.45) is 0 Å². The lowest BCUT2D eigenvalue weighted by Crippen LogP contribution is -2.44. The van der Waals surface area contributed by atoms with Crippen LogP contribution in [0.5, 0.6) is 0 Å². The van der Waals surface area contributed by atoms with Gasteiger partial charge in [0.05, 0.1) is 6.07 Å². The van der Waals surface area contributed by atoms with Gasteiger partial charge >= 0.3 is 0 Å². The summed E-state index contributed by atoms with van der Waals surface area (Å²) >= 11 is 1.78. The predicted molar refractivity (Wildman–Crippen MR) is 66.6 cm³/mol. The van der Waals surface area contributed by atoms with E-state index in [2.05, 4.69) is 36.2 Å². The summed E-state index contributed by atoms with van der Waals surface area (Å²) in [6.07, 6.45) is 0. The van der Waals surface area contributed by atoms with Gasteiger partial charge in [0.15, 0.2) is 0 Å². The topological polar surface area (TPSA) is 39.1 Å². The van der Waals surface area contributed by atoms with Gasteiger partial charge in [-0.05, 0) is 25.5 Å². The molecule has 1 fully saturated rings. The largest absolute Gasteiger partial charge is 0.314 e. The Balaban J connectivity index is 2.22. The molecule has 3 nitrogen and oxygen atoms in total. The molecule has 4 heteroatoms. The van der Waals surface area contributed by atoms with Crippen LogP contribution in [-0.4, -0.2) is 31.1 Å². The van der Waals surface area contributed by atoms with Gasteiger partial charge in [0.2, 0.25) is 0 Å². The number of nitrogens with one attached hydrogen (secondary N) is 1. The first-order valence-electron chi connectivity index (χ1n) is 5.63. The molecule has 1 aliphatic heterocycles. The van der Waals surface area contributed by atoms with Crippen molar-refractivity contribution in [1.29, 1.82) is 5.26 Å². The average molecular weight is 235 g/mol. The van der Waals surface area contributed by atoms with Gasteiger partial charge in [-0.3, -0.25) is 4.90 Å². The van der Waals surface area contributed by atoms with E-state index in [1.807, 2.05) is 0 Å². The molecule has 0 aliphatic carbocycles. The zero-order chi connectivity index (χ0) is 11.5. The number of hydrogen-bond acceptors (Lipinski definition) is 4. The van der Waals surface area contributed by atoms with Gasteiger partial charge in [-0.1, -0.05) is 0 Å². The normalized spacial score (nSPS) is 19.3. The Hall–Kier alpha value is -0.890. The molecule has 2 heterocycles. The second-order valence-electron chi connectivity index (χ2n) is 4.19. The van der Waals surface area contributed by atoms with Gasteiger partial charge in [-0.2, -0.15) is 5.26 Å². The van der Waals surface area contributed by atoms with E-state index < -0.39 is 0 Å². The third-order valence-electron chi connectivity index (χ3n) is 3.01. The van der Waals surface area contributed by atoms with Crippen molar-refractivity contribution in [3.63, 3.8) is 0 Å². The molecule has 16 heavy (non-hydrogen) atoms. The number of rotatable bonds is 2. The molecule has 1 aromatic rings. The van der Waals surface area contributed by atoms with E-state index in [0.717, 1.165) is 26.2 Å². The summed E-state index contributed by atoms with van der Waals surface area (Å²) in [6, 6.07) is 4.55. The Kier molecular flexibility index (Phi) is 3.59. The van der Waals surface area contributed by atoms with Crippen LogP contribution in [0.4, 0.5) is 0 Å². The fraction of sp³-hybridized carbons (Fsp3) is 0.583. The van der Waals surface area contributed by atoms with E-state index in [4.69, 9.17) is 0 Å². The monoisotopic (exact) mass is 235 g/mol. The smallest absolute Gasteiger partial charge is 0.125 e. The van der Waals surface area contributed by atoms with E-state index in [1.54, 1.807) is 11.3 Å². The zero-order valence-corrected chi connectivity index (χ0v) is 10.6. The summed E-state index contributed by atoms with van der Waals surface area (Å²) < 4.78 is 0. The number of aryl methyl sites for hydroxylation is 2. The summed E-state index contributed by atoms with van der Waals surface area (Å²) in [7, 11) is 0. The Morgan fingerprint density at radius 3 is 2.62 bits per heavy atom. The van der Waals surface area contributed by atoms with Crippen LogP contribution >= 0.6 is 11.3 Å². The van der Waals surface area contributed by atoms with E-state index in [0.29, 0.717) is 0 Å². The maximum Gasteiger partial charge on any atom is 0.125 e. The second-order valence-corrected chi connectivity index (χ2v) is 5.65. The molecule has 0 amide bonds. The van der Waals surface area contributed by atoms with Gasteiger partial charge in [0, 0.05) is 35.9 Å². The molecule has 0 spiro atoms. The molecule has 1 aromatic heterocycles. The van der Waals surface area contributed by atoms with Crippen LogP contribution in [-0.2, 0) is 0 Å². The molecule has 86 valence electrons. The van der Waals surface area contributed by atoms with Crippen LogP contribution in [0, 0.1) is 25.2 Å². The third-order valence-corrected chi connectivity index (χ3v) is 3.99. The molecular formula is C12H17N3S. The number of thiophene rings is 1. The molecule has 1 aliphatic rings. The number of piperazine rings is 1. The maximum absolute atomic E-state index is 9.36. The van der Waals surface area contributed by atoms with Crippen molar-refractivity contribution in [2.75, 3.05) is 26.2 Å². The van der Waals surface area contributed by atoms with Crippen molar-refractivity contribution in [3.8, 4) is 6.07 Å². The van der Waals surface area contributed by atoms with E-state index >= 15 is 0 Å². The lowest BCUT2D eigenvalue weighted by molar-refractivity contribution is 0.207. The highest BCUT2D eigenvalue weighted by Gasteiger charge is 2.24. The highest BCUT2D eigenvalue weighted by atomic mass is 32.1. The molecule has 1 unspecified atom stereocenters. The highest BCUT2D eigenvalue weighted by molar-refractivity contribution is 7.12. The average Bonchev–Trinajstić information content (AvgIpc) is 2.61. The lowest BCUT2D eigenvalue weighted by Gasteiger charge is -2.31. The summed E-state index contributed by atoms with van der Waals surface area (Å²) in [5.74, 6) is 0. The highest BCUT2D eigenvalue weighted by Crippen LogP contribution is 2.29. The summed E-state index contributed by atoms with van der Waals surface area (Å²) in [4.78, 5) is 4.84. The maximum atomic E-state index is 9.36. The first-order chi connectivity index (χ1) is 7.72. The number of nitrogens with zero attached hydrogens (tertiary/aromatic N) is 2. The Bertz CT molecular complexity index is 399. The fourth-order valence-electron chi connectivity index (χ4n) is 2.21. The first kappa shape index (κ1) is 11.6. The molecule has 2 rings (SSSR count). The quantitative estimate of drug-likeness (QED) is 0.850. The third kappa shape index (κ3) is 2.27. The van der Waals surface area contributed by atoms with Crippen LogP contribution in [0.15, 0.2) is 6.07 Å². The molecular weight excluding hydrogens is 218 g/mol. The van der Waals surface area contributed by atoms with Crippen LogP contribution in [0.1, 0.15) is 21.4 Å². The van der Waals surface area contributed by atoms with Crippen molar-refractivity contribution in [3.05, 3.63) is 21.4 Å².